The Morgan fingerprint density at radius 2 is 1.78 bits per heavy atom. The van der Waals surface area contributed by atoms with Crippen LogP contribution >= 0.6 is 0 Å². The summed E-state index contributed by atoms with van der Waals surface area (Å²) in [6, 6.07) is 17.5. The van der Waals surface area contributed by atoms with E-state index in [0.717, 1.165) is 0 Å². The third-order valence-electron chi connectivity index (χ3n) is 5.02. The molecule has 0 bridgehead atoms. The molecule has 32 heavy (non-hydrogen) atoms. The number of fused-ring (bicyclic) bond motifs is 1. The summed E-state index contributed by atoms with van der Waals surface area (Å²) in [6.45, 7) is 1.58. The molecule has 8 nitrogen and oxygen atoms in total. The zero-order valence-electron chi connectivity index (χ0n) is 17.2. The molecule has 0 aliphatic heterocycles. The van der Waals surface area contributed by atoms with Crippen LogP contribution in [0.25, 0.3) is 22.3 Å². The molecule has 1 aromatic heterocycles. The van der Waals surface area contributed by atoms with Gasteiger partial charge in [0, 0.05) is 34.5 Å². The van der Waals surface area contributed by atoms with Crippen molar-refractivity contribution in [3.63, 3.8) is 0 Å². The third-order valence-corrected chi connectivity index (χ3v) is 5.02. The van der Waals surface area contributed by atoms with Crippen molar-refractivity contribution in [1.82, 2.24) is 0 Å². The molecule has 0 aliphatic carbocycles. The predicted molar refractivity (Wildman–Crippen MR) is 120 cm³/mol. The third kappa shape index (κ3) is 4.06. The van der Waals surface area contributed by atoms with E-state index in [0.29, 0.717) is 44.9 Å². The number of hydrogen-bond acceptors (Lipinski definition) is 6. The molecule has 0 aliphatic rings. The van der Waals surface area contributed by atoms with Crippen molar-refractivity contribution < 1.29 is 18.9 Å². The van der Waals surface area contributed by atoms with Gasteiger partial charge in [-0.05, 0) is 61.5 Å². The zero-order chi connectivity index (χ0) is 22.8. The molecule has 1 N–H and O–H groups in total. The van der Waals surface area contributed by atoms with Gasteiger partial charge in [-0.3, -0.25) is 19.7 Å². The van der Waals surface area contributed by atoms with Gasteiger partial charge < -0.3 is 14.5 Å². The summed E-state index contributed by atoms with van der Waals surface area (Å²) in [5.74, 6) is 0.583. The Hall–Kier alpha value is -4.46. The first-order valence-corrected chi connectivity index (χ1v) is 9.64. The van der Waals surface area contributed by atoms with Crippen molar-refractivity contribution in [1.29, 1.82) is 0 Å². The molecule has 160 valence electrons. The Labute approximate surface area is 182 Å². The van der Waals surface area contributed by atoms with Crippen LogP contribution in [0.1, 0.15) is 15.9 Å². The summed E-state index contributed by atoms with van der Waals surface area (Å²) >= 11 is 0. The van der Waals surface area contributed by atoms with Crippen molar-refractivity contribution in [3.8, 4) is 17.1 Å². The molecule has 3 aromatic carbocycles. The summed E-state index contributed by atoms with van der Waals surface area (Å²) in [7, 11) is 1.53. The normalized spacial score (nSPS) is 10.7. The number of nitro benzene ring substituents is 1. The largest absolute Gasteiger partial charge is 0.497 e. The molecule has 0 saturated heterocycles. The molecule has 4 rings (SSSR count). The van der Waals surface area contributed by atoms with Gasteiger partial charge in [0.2, 0.25) is 0 Å². The fourth-order valence-electron chi connectivity index (χ4n) is 3.33. The van der Waals surface area contributed by atoms with Gasteiger partial charge in [0.1, 0.15) is 17.1 Å². The van der Waals surface area contributed by atoms with Crippen molar-refractivity contribution in [2.75, 3.05) is 12.4 Å². The average Bonchev–Trinajstić information content (AvgIpc) is 2.79. The minimum Gasteiger partial charge on any atom is -0.497 e. The highest BCUT2D eigenvalue weighted by molar-refractivity contribution is 6.04. The lowest BCUT2D eigenvalue weighted by atomic mass is 10.1. The molecular weight excluding hydrogens is 412 g/mol. The molecule has 4 aromatic rings. The monoisotopic (exact) mass is 430 g/mol. The highest BCUT2D eigenvalue weighted by atomic mass is 16.6. The first kappa shape index (κ1) is 20.8. The molecular formula is C24H18N2O6. The maximum Gasteiger partial charge on any atom is 0.272 e. The molecule has 0 saturated carbocycles. The van der Waals surface area contributed by atoms with Crippen LogP contribution in [0, 0.1) is 17.0 Å². The molecule has 0 spiro atoms. The highest BCUT2D eigenvalue weighted by Gasteiger charge is 2.14. The van der Waals surface area contributed by atoms with Crippen LogP contribution in [-0.4, -0.2) is 17.9 Å². The number of hydrogen-bond donors (Lipinski definition) is 1. The van der Waals surface area contributed by atoms with Crippen LogP contribution in [-0.2, 0) is 0 Å². The standard InChI is InChI=1S/C24H18N2O6/c1-14-11-16(5-9-20(14)26(29)30)24(28)25-17-6-3-15(4-7-17)23-13-21(27)19-12-18(31-2)8-10-22(19)32-23/h3-13H,1-2H3,(H,25,28). The Morgan fingerprint density at radius 3 is 2.44 bits per heavy atom. The van der Waals surface area contributed by atoms with Gasteiger partial charge in [-0.25, -0.2) is 0 Å². The Bertz CT molecular complexity index is 1410. The van der Waals surface area contributed by atoms with E-state index >= 15 is 0 Å². The van der Waals surface area contributed by atoms with E-state index in [-0.39, 0.29) is 17.0 Å². The van der Waals surface area contributed by atoms with E-state index in [1.807, 2.05) is 0 Å². The van der Waals surface area contributed by atoms with Gasteiger partial charge in [-0.2, -0.15) is 0 Å². The quantitative estimate of drug-likeness (QED) is 0.355. The van der Waals surface area contributed by atoms with Crippen LogP contribution in [0.5, 0.6) is 5.75 Å². The first-order chi connectivity index (χ1) is 15.4. The van der Waals surface area contributed by atoms with E-state index in [2.05, 4.69) is 5.32 Å². The van der Waals surface area contributed by atoms with Gasteiger partial charge in [0.15, 0.2) is 5.43 Å². The molecule has 0 radical (unpaired) electrons. The number of ether oxygens (including phenoxy) is 1. The second kappa shape index (κ2) is 8.35. The van der Waals surface area contributed by atoms with Crippen LogP contribution in [0.2, 0.25) is 0 Å². The Morgan fingerprint density at radius 1 is 1.03 bits per heavy atom. The Balaban J connectivity index is 1.56. The van der Waals surface area contributed by atoms with E-state index in [9.17, 15) is 19.7 Å². The van der Waals surface area contributed by atoms with Crippen LogP contribution in [0.4, 0.5) is 11.4 Å². The maximum atomic E-state index is 12.5. The minimum absolute atomic E-state index is 0.0405. The molecule has 8 heteroatoms. The summed E-state index contributed by atoms with van der Waals surface area (Å²) in [5.41, 5.74) is 2.13. The second-order valence-corrected chi connectivity index (χ2v) is 7.13. The summed E-state index contributed by atoms with van der Waals surface area (Å²) < 4.78 is 11.0. The number of benzene rings is 3. The number of nitro groups is 1. The smallest absolute Gasteiger partial charge is 0.272 e. The first-order valence-electron chi connectivity index (χ1n) is 9.64. The van der Waals surface area contributed by atoms with E-state index in [1.54, 1.807) is 49.4 Å². The van der Waals surface area contributed by atoms with Gasteiger partial charge in [0.05, 0.1) is 17.4 Å². The lowest BCUT2D eigenvalue weighted by Crippen LogP contribution is -2.12. The number of anilines is 1. The van der Waals surface area contributed by atoms with Crippen LogP contribution in [0.15, 0.2) is 75.9 Å². The fraction of sp³-hybridized carbons (Fsp3) is 0.0833. The molecule has 1 amide bonds. The van der Waals surface area contributed by atoms with Crippen LogP contribution in [0.3, 0.4) is 0 Å². The van der Waals surface area contributed by atoms with Gasteiger partial charge in [0.25, 0.3) is 11.6 Å². The van der Waals surface area contributed by atoms with Gasteiger partial charge in [-0.1, -0.05) is 0 Å². The summed E-state index contributed by atoms with van der Waals surface area (Å²) in [6.07, 6.45) is 0. The minimum atomic E-state index is -0.489. The number of carbonyl (C=O) groups is 1. The SMILES string of the molecule is COc1ccc2oc(-c3ccc(NC(=O)c4ccc([N+](=O)[O-])c(C)c4)cc3)cc(=O)c2c1. The highest BCUT2D eigenvalue weighted by Crippen LogP contribution is 2.26. The van der Waals surface area contributed by atoms with E-state index in [1.165, 1.54) is 31.4 Å². The van der Waals surface area contributed by atoms with Crippen molar-refractivity contribution in [3.05, 3.63) is 98.2 Å². The number of carbonyl (C=O) groups excluding carboxylic acids is 1. The predicted octanol–water partition coefficient (Wildman–Crippen LogP) is 4.94. The second-order valence-electron chi connectivity index (χ2n) is 7.13. The number of aryl methyl sites for hydroxylation is 1. The molecule has 0 atom stereocenters. The lowest BCUT2D eigenvalue weighted by Gasteiger charge is -2.08. The number of nitrogens with zero attached hydrogens (tertiary/aromatic N) is 1. The van der Waals surface area contributed by atoms with Crippen molar-refractivity contribution in [2.24, 2.45) is 0 Å². The molecule has 1 heterocycles. The van der Waals surface area contributed by atoms with Crippen molar-refractivity contribution >= 4 is 28.3 Å². The number of rotatable bonds is 5. The van der Waals surface area contributed by atoms with Gasteiger partial charge in [-0.15, -0.1) is 0 Å². The van der Waals surface area contributed by atoms with Crippen molar-refractivity contribution in [2.45, 2.75) is 6.92 Å². The molecule has 0 fully saturated rings. The maximum absolute atomic E-state index is 12.5. The molecule has 0 unspecified atom stereocenters. The fourth-order valence-corrected chi connectivity index (χ4v) is 3.33. The van der Waals surface area contributed by atoms with Gasteiger partial charge >= 0.3 is 0 Å². The average molecular weight is 430 g/mol. The number of methoxy groups -OCH3 is 1. The summed E-state index contributed by atoms with van der Waals surface area (Å²) in [5, 5.41) is 14.1. The zero-order valence-corrected chi connectivity index (χ0v) is 17.2. The van der Waals surface area contributed by atoms with E-state index < -0.39 is 4.92 Å². The van der Waals surface area contributed by atoms with E-state index in [4.69, 9.17) is 9.15 Å². The number of nitrogens with one attached hydrogen (secondary N) is 1. The lowest BCUT2D eigenvalue weighted by molar-refractivity contribution is -0.385. The van der Waals surface area contributed by atoms with Crippen LogP contribution < -0.4 is 15.5 Å². The summed E-state index contributed by atoms with van der Waals surface area (Å²) in [4.78, 5) is 35.4. The Kier molecular flexibility index (Phi) is 5.43. The number of amides is 1. The topological polar surface area (TPSA) is 112 Å².